The Kier molecular flexibility index (Phi) is 4.34. The lowest BCUT2D eigenvalue weighted by molar-refractivity contribution is 0.271. The van der Waals surface area contributed by atoms with Crippen molar-refractivity contribution < 1.29 is 13.5 Å². The van der Waals surface area contributed by atoms with Gasteiger partial charge in [0.1, 0.15) is 4.90 Å². The Hall–Kier alpha value is -1.29. The van der Waals surface area contributed by atoms with E-state index in [0.29, 0.717) is 12.2 Å². The minimum atomic E-state index is -3.56. The largest absolute Gasteiger partial charge is 0.390 e. The number of aromatic nitrogens is 1. The predicted octanol–water partition coefficient (Wildman–Crippen LogP) is 0.254. The number of aliphatic hydroxyl groups is 1. The Morgan fingerprint density at radius 1 is 1.59 bits per heavy atom. The molecular weight excluding hydrogens is 240 g/mol. The topological polar surface area (TPSA) is 62.5 Å². The van der Waals surface area contributed by atoms with Gasteiger partial charge in [-0.1, -0.05) is 5.92 Å². The smallest absolute Gasteiger partial charge is 0.245 e. The number of hydrogen-bond acceptors (Lipinski definition) is 3. The van der Waals surface area contributed by atoms with Crippen molar-refractivity contribution in [2.75, 3.05) is 13.6 Å². The normalized spacial score (nSPS) is 11.7. The molecule has 1 aromatic rings. The lowest BCUT2D eigenvalue weighted by Crippen LogP contribution is -2.26. The molecule has 0 fully saturated rings. The summed E-state index contributed by atoms with van der Waals surface area (Å²) in [6, 6.07) is 1.46. The monoisotopic (exact) mass is 256 g/mol. The predicted molar refractivity (Wildman–Crippen MR) is 64.7 cm³/mol. The first-order valence-corrected chi connectivity index (χ1v) is 6.61. The molecule has 94 valence electrons. The third-order valence-corrected chi connectivity index (χ3v) is 4.25. The van der Waals surface area contributed by atoms with Crippen LogP contribution in [0.1, 0.15) is 12.6 Å². The molecule has 0 saturated carbocycles. The van der Waals surface area contributed by atoms with Crippen molar-refractivity contribution in [2.24, 2.45) is 0 Å². The quantitative estimate of drug-likeness (QED) is 0.768. The van der Waals surface area contributed by atoms with Gasteiger partial charge in [-0.25, -0.2) is 8.42 Å². The zero-order valence-corrected chi connectivity index (χ0v) is 10.7. The van der Waals surface area contributed by atoms with E-state index in [0.717, 1.165) is 4.31 Å². The lowest BCUT2D eigenvalue weighted by atomic mass is 10.4. The van der Waals surface area contributed by atoms with Gasteiger partial charge < -0.3 is 9.67 Å². The maximum atomic E-state index is 12.1. The van der Waals surface area contributed by atoms with Crippen molar-refractivity contribution in [3.05, 3.63) is 18.0 Å². The highest BCUT2D eigenvalue weighted by Gasteiger charge is 2.22. The first-order chi connectivity index (χ1) is 7.97. The van der Waals surface area contributed by atoms with Gasteiger partial charge in [0, 0.05) is 25.5 Å². The minimum absolute atomic E-state index is 0.0219. The standard InChI is InChI=1S/C11H16N2O3S/c1-4-6-12(3)17(15,16)11-7-10(9-14)13(5-2)8-11/h1,7-8,14H,5-6,9H2,2-3H3. The van der Waals surface area contributed by atoms with Crippen LogP contribution in [0.5, 0.6) is 0 Å². The van der Waals surface area contributed by atoms with E-state index >= 15 is 0 Å². The van der Waals surface area contributed by atoms with Crippen LogP contribution >= 0.6 is 0 Å². The van der Waals surface area contributed by atoms with Crippen molar-refractivity contribution >= 4 is 10.0 Å². The van der Waals surface area contributed by atoms with Crippen LogP contribution in [0.2, 0.25) is 0 Å². The number of terminal acetylenes is 1. The van der Waals surface area contributed by atoms with E-state index in [9.17, 15) is 8.42 Å². The van der Waals surface area contributed by atoms with Gasteiger partial charge in [-0.2, -0.15) is 4.31 Å². The first kappa shape index (κ1) is 13.8. The summed E-state index contributed by atoms with van der Waals surface area (Å²) < 4.78 is 26.9. The summed E-state index contributed by atoms with van der Waals surface area (Å²) in [6.45, 7) is 2.31. The van der Waals surface area contributed by atoms with E-state index in [2.05, 4.69) is 5.92 Å². The molecule has 0 spiro atoms. The molecular formula is C11H16N2O3S. The van der Waals surface area contributed by atoms with E-state index in [4.69, 9.17) is 11.5 Å². The highest BCUT2D eigenvalue weighted by atomic mass is 32.2. The molecule has 6 heteroatoms. The third kappa shape index (κ3) is 2.69. The van der Waals surface area contributed by atoms with Gasteiger partial charge in [-0.05, 0) is 13.0 Å². The molecule has 0 bridgehead atoms. The molecule has 0 radical (unpaired) electrons. The van der Waals surface area contributed by atoms with Gasteiger partial charge in [0.15, 0.2) is 0 Å². The third-order valence-electron chi connectivity index (χ3n) is 2.49. The number of aliphatic hydroxyl groups excluding tert-OH is 1. The molecule has 0 aliphatic heterocycles. The summed E-state index contributed by atoms with van der Waals surface area (Å²) in [5, 5.41) is 9.11. The van der Waals surface area contributed by atoms with E-state index in [-0.39, 0.29) is 18.0 Å². The fourth-order valence-corrected chi connectivity index (χ4v) is 2.64. The van der Waals surface area contributed by atoms with Crippen molar-refractivity contribution in [3.63, 3.8) is 0 Å². The number of rotatable bonds is 5. The second-order valence-electron chi connectivity index (χ2n) is 3.58. The Morgan fingerprint density at radius 3 is 2.65 bits per heavy atom. The summed E-state index contributed by atoms with van der Waals surface area (Å²) in [7, 11) is -2.14. The molecule has 5 nitrogen and oxygen atoms in total. The molecule has 0 aliphatic carbocycles. The molecule has 1 aromatic heterocycles. The highest BCUT2D eigenvalue weighted by molar-refractivity contribution is 7.89. The van der Waals surface area contributed by atoms with Crippen LogP contribution in [0, 0.1) is 12.3 Å². The second-order valence-corrected chi connectivity index (χ2v) is 5.62. The number of hydrogen-bond donors (Lipinski definition) is 1. The van der Waals surface area contributed by atoms with Gasteiger partial charge in [-0.3, -0.25) is 0 Å². The zero-order valence-electron chi connectivity index (χ0n) is 9.92. The van der Waals surface area contributed by atoms with Gasteiger partial charge in [0.25, 0.3) is 0 Å². The summed E-state index contributed by atoms with van der Waals surface area (Å²) >= 11 is 0. The Labute approximate surface area is 102 Å². The van der Waals surface area contributed by atoms with Crippen LogP contribution in [0.4, 0.5) is 0 Å². The zero-order chi connectivity index (χ0) is 13.1. The van der Waals surface area contributed by atoms with Gasteiger partial charge in [0.05, 0.1) is 13.2 Å². The van der Waals surface area contributed by atoms with Gasteiger partial charge >= 0.3 is 0 Å². The number of sulfonamides is 1. The average Bonchev–Trinajstić information content (AvgIpc) is 2.72. The molecule has 1 rings (SSSR count). The Bertz CT molecular complexity index is 504. The summed E-state index contributed by atoms with van der Waals surface area (Å²) in [4.78, 5) is 0.154. The van der Waals surface area contributed by atoms with Crippen molar-refractivity contribution in [3.8, 4) is 12.3 Å². The molecule has 0 saturated heterocycles. The lowest BCUT2D eigenvalue weighted by Gasteiger charge is -2.12. The van der Waals surface area contributed by atoms with Crippen molar-refractivity contribution in [2.45, 2.75) is 25.0 Å². The van der Waals surface area contributed by atoms with E-state index in [1.54, 1.807) is 4.57 Å². The maximum absolute atomic E-state index is 12.1. The molecule has 0 amide bonds. The SMILES string of the molecule is C#CCN(C)S(=O)(=O)c1cc(CO)n(CC)c1. The summed E-state index contributed by atoms with van der Waals surface area (Å²) in [5.74, 6) is 2.28. The van der Waals surface area contributed by atoms with Crippen LogP contribution < -0.4 is 0 Å². The minimum Gasteiger partial charge on any atom is -0.390 e. The fourth-order valence-electron chi connectivity index (χ4n) is 1.49. The molecule has 17 heavy (non-hydrogen) atoms. The Balaban J connectivity index is 3.16. The molecule has 0 aliphatic rings. The maximum Gasteiger partial charge on any atom is 0.245 e. The van der Waals surface area contributed by atoms with Crippen LogP contribution in [-0.4, -0.2) is 36.0 Å². The second kappa shape index (κ2) is 5.36. The number of nitrogens with zero attached hydrogens (tertiary/aromatic N) is 2. The van der Waals surface area contributed by atoms with E-state index in [1.807, 2.05) is 6.92 Å². The molecule has 0 atom stereocenters. The van der Waals surface area contributed by atoms with Gasteiger partial charge in [0.2, 0.25) is 10.0 Å². The van der Waals surface area contributed by atoms with Crippen LogP contribution in [0.25, 0.3) is 0 Å². The molecule has 0 unspecified atom stereocenters. The van der Waals surface area contributed by atoms with E-state index < -0.39 is 10.0 Å². The summed E-state index contributed by atoms with van der Waals surface area (Å²) in [6.07, 6.45) is 6.60. The van der Waals surface area contributed by atoms with E-state index in [1.165, 1.54) is 19.3 Å². The van der Waals surface area contributed by atoms with Gasteiger partial charge in [-0.15, -0.1) is 6.42 Å². The summed E-state index contributed by atoms with van der Waals surface area (Å²) in [5.41, 5.74) is 0.570. The van der Waals surface area contributed by atoms with Crippen LogP contribution in [-0.2, 0) is 23.2 Å². The van der Waals surface area contributed by atoms with Crippen LogP contribution in [0.3, 0.4) is 0 Å². The molecule has 0 aromatic carbocycles. The molecule has 1 heterocycles. The molecule has 1 N–H and O–H groups in total. The highest BCUT2D eigenvalue weighted by Crippen LogP contribution is 2.18. The first-order valence-electron chi connectivity index (χ1n) is 5.17. The van der Waals surface area contributed by atoms with Crippen molar-refractivity contribution in [1.82, 2.24) is 8.87 Å². The fraction of sp³-hybridized carbons (Fsp3) is 0.455. The van der Waals surface area contributed by atoms with Crippen molar-refractivity contribution in [1.29, 1.82) is 0 Å². The average molecular weight is 256 g/mol. The Morgan fingerprint density at radius 2 is 2.24 bits per heavy atom. The number of aryl methyl sites for hydroxylation is 1. The van der Waals surface area contributed by atoms with Crippen LogP contribution in [0.15, 0.2) is 17.2 Å².